The van der Waals surface area contributed by atoms with Crippen molar-refractivity contribution in [3.8, 4) is 17.2 Å². The Morgan fingerprint density at radius 1 is 1.15 bits per heavy atom. The fraction of sp³-hybridized carbons (Fsp3) is 0.535. The third-order valence-corrected chi connectivity index (χ3v) is 12.1. The van der Waals surface area contributed by atoms with Crippen molar-refractivity contribution in [2.45, 2.75) is 110 Å². The average Bonchev–Trinajstić information content (AvgIpc) is 3.62. The van der Waals surface area contributed by atoms with Crippen molar-refractivity contribution in [1.29, 1.82) is 0 Å². The summed E-state index contributed by atoms with van der Waals surface area (Å²) in [7, 11) is 1.64. The van der Waals surface area contributed by atoms with Crippen LogP contribution in [-0.2, 0) is 16.0 Å². The lowest BCUT2D eigenvalue weighted by Crippen LogP contribution is -2.78. The number of ketones is 1. The summed E-state index contributed by atoms with van der Waals surface area (Å²) in [6, 6.07) is -0.574. The van der Waals surface area contributed by atoms with E-state index in [1.807, 2.05) is 13.8 Å². The van der Waals surface area contributed by atoms with E-state index in [0.717, 1.165) is 35.1 Å². The highest BCUT2D eigenvalue weighted by Crippen LogP contribution is 2.69. The SMILES string of the molecule is COc1c2c(c(CC=C(C)C)c3c1C1=C4C(C5CC(C(C)C)C4(O3)C(O)(C/C=C(/C)C(=O)NCCO)C5=O)n3ncnc3N1)OC(C)(CCC=C(C)C)C=C2. The molecule has 1 amide bonds. The van der Waals surface area contributed by atoms with Gasteiger partial charge in [-0.15, -0.1) is 0 Å². The number of allylic oxidation sites excluding steroid dienone is 4. The van der Waals surface area contributed by atoms with Gasteiger partial charge in [-0.3, -0.25) is 9.59 Å². The van der Waals surface area contributed by atoms with Crippen LogP contribution >= 0.6 is 0 Å². The first-order chi connectivity index (χ1) is 26.1. The van der Waals surface area contributed by atoms with E-state index in [1.54, 1.807) is 24.8 Å². The van der Waals surface area contributed by atoms with E-state index < -0.39 is 28.8 Å². The molecule has 4 N–H and O–H groups in total. The largest absolute Gasteiger partial charge is 0.495 e. The third kappa shape index (κ3) is 5.94. The summed E-state index contributed by atoms with van der Waals surface area (Å²) >= 11 is 0. The number of fused-ring (bicyclic) bond motifs is 6. The van der Waals surface area contributed by atoms with E-state index in [-0.39, 0.29) is 43.1 Å². The molecule has 0 saturated heterocycles. The monoisotopic (exact) mass is 753 g/mol. The predicted octanol–water partition coefficient (Wildman–Crippen LogP) is 6.27. The zero-order valence-electron chi connectivity index (χ0n) is 33.5. The first-order valence-electron chi connectivity index (χ1n) is 19.5. The second kappa shape index (κ2) is 14.1. The van der Waals surface area contributed by atoms with Gasteiger partial charge in [0.25, 0.3) is 0 Å². The second-order valence-electron chi connectivity index (χ2n) is 16.7. The molecule has 3 fully saturated rings. The van der Waals surface area contributed by atoms with Crippen molar-refractivity contribution < 1.29 is 34.0 Å². The number of amides is 1. The highest BCUT2D eigenvalue weighted by molar-refractivity contribution is 6.02. The van der Waals surface area contributed by atoms with Gasteiger partial charge in [0.2, 0.25) is 11.9 Å². The van der Waals surface area contributed by atoms with Crippen LogP contribution in [-0.4, -0.2) is 73.7 Å². The number of aromatic nitrogens is 3. The standard InChI is InChI=1S/C43H55N5O7/c1-23(2)11-10-16-41(8)17-15-28-35(54-41)27(13-12-24(3)4)37-31(36(28)53-9)33-32-34(48-40(47-33)45-22-46-48)29-21-30(25(5)6)43(32,55-37)42(52,38(29)50)18-14-26(7)39(51)44-19-20-49/h11-12,14-15,17,22,25,29-30,34,49,52H,10,13,16,18-21H2,1-9H3,(H,44,51)(H,45,46,47)/b26-14-. The molecule has 4 heterocycles. The summed E-state index contributed by atoms with van der Waals surface area (Å²) < 4.78 is 22.7. The lowest BCUT2D eigenvalue weighted by atomic mass is 9.46. The van der Waals surface area contributed by atoms with Gasteiger partial charge >= 0.3 is 0 Å². The van der Waals surface area contributed by atoms with Crippen LogP contribution in [0.15, 0.2) is 52.9 Å². The number of aliphatic hydroxyl groups is 2. The van der Waals surface area contributed by atoms with Crippen molar-refractivity contribution >= 4 is 29.4 Å². The Morgan fingerprint density at radius 3 is 2.56 bits per heavy atom. The smallest absolute Gasteiger partial charge is 0.246 e. The fourth-order valence-corrected chi connectivity index (χ4v) is 9.45. The van der Waals surface area contributed by atoms with Crippen LogP contribution in [0.4, 0.5) is 5.95 Å². The number of nitrogens with one attached hydrogen (secondary N) is 2. The van der Waals surface area contributed by atoms with Crippen LogP contribution in [0.25, 0.3) is 11.8 Å². The van der Waals surface area contributed by atoms with Crippen LogP contribution in [0.2, 0.25) is 0 Å². The minimum absolute atomic E-state index is 0.0215. The summed E-state index contributed by atoms with van der Waals surface area (Å²) in [5.74, 6) is 0.434. The van der Waals surface area contributed by atoms with Crippen molar-refractivity contribution in [1.82, 2.24) is 20.1 Å². The number of carbonyl (C=O) groups is 2. The Kier molecular flexibility index (Phi) is 9.90. The first-order valence-corrected chi connectivity index (χ1v) is 19.5. The van der Waals surface area contributed by atoms with Gasteiger partial charge in [-0.1, -0.05) is 43.2 Å². The van der Waals surface area contributed by atoms with Gasteiger partial charge in [-0.05, 0) is 85.3 Å². The van der Waals surface area contributed by atoms with E-state index in [2.05, 4.69) is 79.6 Å². The van der Waals surface area contributed by atoms with Crippen LogP contribution in [0.1, 0.15) is 104 Å². The second-order valence-corrected chi connectivity index (χ2v) is 16.7. The molecular weight excluding hydrogens is 699 g/mol. The molecule has 1 spiro atoms. The third-order valence-electron chi connectivity index (χ3n) is 12.1. The number of methoxy groups -OCH3 is 1. The van der Waals surface area contributed by atoms with Gasteiger partial charge in [0.1, 0.15) is 29.2 Å². The number of hydrogen-bond donors (Lipinski definition) is 4. The van der Waals surface area contributed by atoms with Gasteiger partial charge in [-0.25, -0.2) is 4.68 Å². The molecule has 294 valence electrons. The van der Waals surface area contributed by atoms with E-state index in [0.29, 0.717) is 52.9 Å². The Labute approximate surface area is 323 Å². The van der Waals surface area contributed by atoms with Crippen molar-refractivity contribution in [2.75, 3.05) is 25.6 Å². The summed E-state index contributed by atoms with van der Waals surface area (Å²) in [5, 5.41) is 33.5. The van der Waals surface area contributed by atoms with Crippen LogP contribution < -0.4 is 24.8 Å². The molecule has 3 aliphatic heterocycles. The number of aliphatic hydroxyl groups excluding tert-OH is 1. The van der Waals surface area contributed by atoms with Crippen LogP contribution in [0.5, 0.6) is 17.2 Å². The maximum absolute atomic E-state index is 15.0. The zero-order chi connectivity index (χ0) is 39.6. The van der Waals surface area contributed by atoms with Crippen molar-refractivity contribution in [2.24, 2.45) is 17.8 Å². The number of ether oxygens (including phenoxy) is 3. The fourth-order valence-electron chi connectivity index (χ4n) is 9.45. The molecule has 2 aromatic rings. The Balaban J connectivity index is 1.52. The summed E-state index contributed by atoms with van der Waals surface area (Å²) in [6.45, 7) is 16.1. The molecule has 6 atom stereocenters. The summed E-state index contributed by atoms with van der Waals surface area (Å²) in [6.07, 6.45) is 14.0. The zero-order valence-corrected chi connectivity index (χ0v) is 33.5. The first kappa shape index (κ1) is 38.6. The lowest BCUT2D eigenvalue weighted by Gasteiger charge is -2.65. The van der Waals surface area contributed by atoms with Crippen molar-refractivity contribution in [3.63, 3.8) is 0 Å². The number of Topliss-reactive ketones (excluding diaryl/α,β-unsaturated/α-hetero) is 1. The normalized spacial score (nSPS) is 28.3. The molecule has 3 saturated carbocycles. The van der Waals surface area contributed by atoms with Crippen molar-refractivity contribution in [3.05, 3.63) is 69.6 Å². The lowest BCUT2D eigenvalue weighted by molar-refractivity contribution is -0.210. The highest BCUT2D eigenvalue weighted by Gasteiger charge is 2.77. The Morgan fingerprint density at radius 2 is 1.89 bits per heavy atom. The molecular formula is C43H55N5O7. The minimum atomic E-state index is -2.07. The molecule has 0 radical (unpaired) electrons. The van der Waals surface area contributed by atoms with Gasteiger partial charge in [0.05, 0.1) is 36.6 Å². The van der Waals surface area contributed by atoms with Crippen LogP contribution in [0, 0.1) is 17.8 Å². The van der Waals surface area contributed by atoms with Gasteiger partial charge < -0.3 is 35.1 Å². The quantitative estimate of drug-likeness (QED) is 0.144. The molecule has 1 aromatic carbocycles. The van der Waals surface area contributed by atoms with Gasteiger partial charge in [-0.2, -0.15) is 10.1 Å². The number of hydrogen-bond acceptors (Lipinski definition) is 10. The number of anilines is 1. The number of carbonyl (C=O) groups excluding carboxylic acids is 2. The number of rotatable bonds is 12. The molecule has 12 nitrogen and oxygen atoms in total. The van der Waals surface area contributed by atoms with E-state index in [4.69, 9.17) is 14.2 Å². The molecule has 12 heteroatoms. The predicted molar refractivity (Wildman–Crippen MR) is 211 cm³/mol. The molecule has 2 bridgehead atoms. The molecule has 55 heavy (non-hydrogen) atoms. The maximum atomic E-state index is 15.0. The average molecular weight is 754 g/mol. The number of nitrogens with zero attached hydrogens (tertiary/aromatic N) is 3. The summed E-state index contributed by atoms with van der Waals surface area (Å²) in [5.41, 5.74) is 2.06. The number of benzene rings is 1. The molecule has 6 unspecified atom stereocenters. The summed E-state index contributed by atoms with van der Waals surface area (Å²) in [4.78, 5) is 32.6. The van der Waals surface area contributed by atoms with Crippen LogP contribution in [0.3, 0.4) is 0 Å². The van der Waals surface area contributed by atoms with Gasteiger partial charge in [0, 0.05) is 41.5 Å². The highest BCUT2D eigenvalue weighted by atomic mass is 16.5. The minimum Gasteiger partial charge on any atom is -0.495 e. The van der Waals surface area contributed by atoms with Gasteiger partial charge in [0.15, 0.2) is 17.0 Å². The topological polar surface area (TPSA) is 157 Å². The van der Waals surface area contributed by atoms with E-state index in [9.17, 15) is 15.0 Å². The Hall–Kier alpha value is -4.68. The maximum Gasteiger partial charge on any atom is 0.246 e. The molecule has 6 aliphatic rings. The molecule has 3 aliphatic carbocycles. The molecule has 8 rings (SSSR count). The van der Waals surface area contributed by atoms with E-state index >= 15 is 4.79 Å². The molecule has 1 aromatic heterocycles. The van der Waals surface area contributed by atoms with E-state index in [1.165, 1.54) is 11.9 Å². The Bertz CT molecular complexity index is 2080.